The minimum absolute atomic E-state index is 0.00873. The predicted molar refractivity (Wildman–Crippen MR) is 178 cm³/mol. The number of nitrogens with two attached hydrogens (primary N) is 1. The van der Waals surface area contributed by atoms with Gasteiger partial charge in [-0.1, -0.05) is 54.6 Å². The van der Waals surface area contributed by atoms with Crippen LogP contribution in [0.15, 0.2) is 90.8 Å². The van der Waals surface area contributed by atoms with E-state index in [-0.39, 0.29) is 19.3 Å². The van der Waals surface area contributed by atoms with Crippen molar-refractivity contribution < 1.29 is 28.6 Å². The number of carbonyl (C=O) groups is 4. The quantitative estimate of drug-likeness (QED) is 0.0823. The number of carbonyl (C=O) groups excluding carboxylic acids is 4. The highest BCUT2D eigenvalue weighted by molar-refractivity contribution is 7.59. The normalized spacial score (nSPS) is 14.4. The molecule has 0 spiro atoms. The number of H-pyrrole nitrogens is 2. The van der Waals surface area contributed by atoms with Gasteiger partial charge >= 0.3 is 0 Å². The van der Waals surface area contributed by atoms with Crippen LogP contribution in [0.4, 0.5) is 0 Å². The third-order valence-electron chi connectivity index (χ3n) is 7.56. The number of hydrogen-bond acceptors (Lipinski definition) is 7. The van der Waals surface area contributed by atoms with Gasteiger partial charge < -0.3 is 36.5 Å². The van der Waals surface area contributed by atoms with E-state index in [0.717, 1.165) is 16.5 Å². The SMILES string of the molecule is NC(=O)[C@H](Cc1c[nH]c2ccccc12)NC(=O)[C@H](Cc1cnc[nH]1)NC(=O)CP(=O)(O)C(Cc1ccccc1)NC(=O)c1cccs1. The van der Waals surface area contributed by atoms with E-state index in [0.29, 0.717) is 16.1 Å². The average molecular weight is 676 g/mol. The monoisotopic (exact) mass is 675 g/mol. The van der Waals surface area contributed by atoms with Gasteiger partial charge in [-0.25, -0.2) is 4.98 Å². The maximum Gasteiger partial charge on any atom is 0.262 e. The second-order valence-corrected chi connectivity index (χ2v) is 14.4. The molecule has 0 bridgehead atoms. The maximum absolute atomic E-state index is 13.8. The first-order chi connectivity index (χ1) is 22.6. The summed E-state index contributed by atoms with van der Waals surface area (Å²) in [5.74, 6) is -4.23. The average Bonchev–Trinajstić information content (AvgIpc) is 3.84. The van der Waals surface area contributed by atoms with Crippen LogP contribution in [0.2, 0.25) is 0 Å². The summed E-state index contributed by atoms with van der Waals surface area (Å²) in [6, 6.07) is 17.2. The third kappa shape index (κ3) is 8.82. The van der Waals surface area contributed by atoms with Gasteiger partial charge in [-0.2, -0.15) is 0 Å². The molecule has 8 N–H and O–H groups in total. The number of fused-ring (bicyclic) bond motifs is 1. The van der Waals surface area contributed by atoms with E-state index in [4.69, 9.17) is 5.73 Å². The molecule has 4 atom stereocenters. The molecule has 0 aliphatic carbocycles. The maximum atomic E-state index is 13.8. The molecule has 244 valence electrons. The molecule has 0 fully saturated rings. The lowest BCUT2D eigenvalue weighted by molar-refractivity contribution is -0.130. The lowest BCUT2D eigenvalue weighted by Gasteiger charge is -2.25. The van der Waals surface area contributed by atoms with Gasteiger partial charge in [0.1, 0.15) is 24.0 Å². The van der Waals surface area contributed by atoms with Crippen LogP contribution in [0.25, 0.3) is 10.9 Å². The molecule has 0 aliphatic rings. The summed E-state index contributed by atoms with van der Waals surface area (Å²) < 4.78 is 13.8. The van der Waals surface area contributed by atoms with Crippen LogP contribution < -0.4 is 21.7 Å². The van der Waals surface area contributed by atoms with Crippen molar-refractivity contribution in [3.63, 3.8) is 0 Å². The van der Waals surface area contributed by atoms with Gasteiger partial charge in [0.15, 0.2) is 0 Å². The summed E-state index contributed by atoms with van der Waals surface area (Å²) in [5.41, 5.74) is 8.46. The Morgan fingerprint density at radius 3 is 2.36 bits per heavy atom. The van der Waals surface area contributed by atoms with Crippen molar-refractivity contribution in [2.45, 2.75) is 37.1 Å². The van der Waals surface area contributed by atoms with Gasteiger partial charge in [-0.15, -0.1) is 11.3 Å². The van der Waals surface area contributed by atoms with Crippen LogP contribution in [0.5, 0.6) is 0 Å². The molecule has 0 aliphatic heterocycles. The first-order valence-corrected chi connectivity index (χ1v) is 17.5. The number of para-hydroxylation sites is 1. The number of thiophene rings is 1. The van der Waals surface area contributed by atoms with E-state index < -0.39 is 55.0 Å². The summed E-state index contributed by atoms with van der Waals surface area (Å²) >= 11 is 1.18. The molecule has 4 amide bonds. The zero-order valence-electron chi connectivity index (χ0n) is 25.1. The molecular weight excluding hydrogens is 641 g/mol. The van der Waals surface area contributed by atoms with Gasteiger partial charge in [0.2, 0.25) is 25.1 Å². The summed E-state index contributed by atoms with van der Waals surface area (Å²) in [5, 5.41) is 10.4. The summed E-state index contributed by atoms with van der Waals surface area (Å²) in [6.45, 7) is 0. The molecule has 5 aromatic rings. The third-order valence-corrected chi connectivity index (χ3v) is 10.5. The Bertz CT molecular complexity index is 1880. The Kier molecular flexibility index (Phi) is 10.7. The fourth-order valence-electron chi connectivity index (χ4n) is 5.16. The van der Waals surface area contributed by atoms with Crippen molar-refractivity contribution in [2.24, 2.45) is 5.73 Å². The van der Waals surface area contributed by atoms with Crippen LogP contribution in [-0.4, -0.2) is 67.5 Å². The molecular formula is C32H34N7O6PS. The van der Waals surface area contributed by atoms with Crippen LogP contribution in [0.1, 0.15) is 26.5 Å². The van der Waals surface area contributed by atoms with Gasteiger partial charge in [-0.05, 0) is 28.6 Å². The van der Waals surface area contributed by atoms with Crippen molar-refractivity contribution in [3.05, 3.63) is 113 Å². The summed E-state index contributed by atoms with van der Waals surface area (Å²) in [7, 11) is -4.41. The fourth-order valence-corrected chi connectivity index (χ4v) is 7.32. The van der Waals surface area contributed by atoms with Crippen LogP contribution in [-0.2, 0) is 38.2 Å². The molecule has 15 heteroatoms. The zero-order valence-corrected chi connectivity index (χ0v) is 26.8. The Hall–Kier alpha value is -5.04. The van der Waals surface area contributed by atoms with E-state index in [1.807, 2.05) is 24.3 Å². The Morgan fingerprint density at radius 1 is 0.894 bits per heavy atom. The Balaban J connectivity index is 1.31. The molecule has 5 rings (SSSR count). The zero-order chi connectivity index (χ0) is 33.4. The highest BCUT2D eigenvalue weighted by atomic mass is 32.1. The van der Waals surface area contributed by atoms with E-state index in [1.165, 1.54) is 23.9 Å². The molecule has 3 aromatic heterocycles. The number of primary amides is 1. The molecule has 0 saturated carbocycles. The number of imidazole rings is 1. The predicted octanol–water partition coefficient (Wildman–Crippen LogP) is 2.46. The number of benzene rings is 2. The molecule has 13 nitrogen and oxygen atoms in total. The first-order valence-electron chi connectivity index (χ1n) is 14.7. The fraction of sp³-hybridized carbons (Fsp3) is 0.219. The molecule has 2 aromatic carbocycles. The first kappa shape index (κ1) is 33.3. The van der Waals surface area contributed by atoms with Gasteiger partial charge in [0.25, 0.3) is 5.91 Å². The number of rotatable bonds is 15. The van der Waals surface area contributed by atoms with Crippen LogP contribution >= 0.6 is 18.7 Å². The number of aromatic nitrogens is 3. The lowest BCUT2D eigenvalue weighted by atomic mass is 10.0. The summed E-state index contributed by atoms with van der Waals surface area (Å²) in [4.78, 5) is 73.7. The smallest absolute Gasteiger partial charge is 0.262 e. The topological polar surface area (TPSA) is 212 Å². The number of amides is 4. The molecule has 0 saturated heterocycles. The largest absolute Gasteiger partial charge is 0.368 e. The number of hydrogen-bond donors (Lipinski definition) is 7. The van der Waals surface area contributed by atoms with Gasteiger partial charge in [0, 0.05) is 48.3 Å². The molecule has 47 heavy (non-hydrogen) atoms. The minimum Gasteiger partial charge on any atom is -0.368 e. The molecule has 2 unspecified atom stereocenters. The number of aromatic amines is 2. The van der Waals surface area contributed by atoms with Gasteiger partial charge in [-0.3, -0.25) is 23.7 Å². The molecule has 0 radical (unpaired) electrons. The highest BCUT2D eigenvalue weighted by Gasteiger charge is 2.36. The number of nitrogens with zero attached hydrogens (tertiary/aromatic N) is 1. The van der Waals surface area contributed by atoms with E-state index in [9.17, 15) is 28.6 Å². The van der Waals surface area contributed by atoms with Crippen molar-refractivity contribution in [3.8, 4) is 0 Å². The second-order valence-electron chi connectivity index (χ2n) is 11.0. The minimum atomic E-state index is -4.41. The lowest BCUT2D eigenvalue weighted by Crippen LogP contribution is -2.54. The summed E-state index contributed by atoms with van der Waals surface area (Å²) in [6.07, 6.45) is 3.75. The van der Waals surface area contributed by atoms with Crippen LogP contribution in [0.3, 0.4) is 0 Å². The second kappa shape index (κ2) is 15.0. The van der Waals surface area contributed by atoms with Gasteiger partial charge in [0.05, 0.1) is 11.2 Å². The van der Waals surface area contributed by atoms with E-state index in [2.05, 4.69) is 30.9 Å². The Labute approximate surface area is 273 Å². The molecule has 3 heterocycles. The van der Waals surface area contributed by atoms with Crippen molar-refractivity contribution in [2.75, 3.05) is 6.16 Å². The standard InChI is InChI=1S/C32H34N7O6PS/c33-30(41)25(14-21-16-35-24-10-5-4-9-23(21)24)38-31(42)26(15-22-17-34-19-36-22)37-28(40)18-46(44,45)29(13-20-7-2-1-3-8-20)39-32(43)27-11-6-12-47-27/h1-12,16-17,19,25-26,29,35H,13-15,18H2,(H2,33,41)(H,34,36)(H,37,40)(H,38,42)(H,39,43)(H,44,45)/t25-,26-,29?/m0/s1. The number of nitrogens with one attached hydrogen (secondary N) is 5. The van der Waals surface area contributed by atoms with Crippen LogP contribution in [0, 0.1) is 0 Å². The van der Waals surface area contributed by atoms with Crippen molar-refractivity contribution in [1.82, 2.24) is 30.9 Å². The highest BCUT2D eigenvalue weighted by Crippen LogP contribution is 2.46. The van der Waals surface area contributed by atoms with Crippen molar-refractivity contribution >= 4 is 53.2 Å². The van der Waals surface area contributed by atoms with E-state index >= 15 is 0 Å². The van der Waals surface area contributed by atoms with Crippen molar-refractivity contribution in [1.29, 1.82) is 0 Å². The Morgan fingerprint density at radius 2 is 1.66 bits per heavy atom. The van der Waals surface area contributed by atoms with E-state index in [1.54, 1.807) is 54.0 Å².